The van der Waals surface area contributed by atoms with E-state index >= 15 is 0 Å². The van der Waals surface area contributed by atoms with Crippen LogP contribution in [0.5, 0.6) is 5.75 Å². The molecule has 0 atom stereocenters. The monoisotopic (exact) mass is 458 g/mol. The minimum absolute atomic E-state index is 0. The molecular weight excluding hydrogens is 427 g/mol. The second-order valence-corrected chi connectivity index (χ2v) is 6.61. The van der Waals surface area contributed by atoms with Crippen LogP contribution in [0.2, 0.25) is 0 Å². The molecule has 1 N–H and O–H groups in total. The lowest BCUT2D eigenvalue weighted by atomic mass is 10.2. The number of halogens is 1. The van der Waals surface area contributed by atoms with Gasteiger partial charge in [0.05, 0.1) is 12.8 Å². The molecule has 0 spiro atoms. The van der Waals surface area contributed by atoms with Gasteiger partial charge in [-0.2, -0.15) is 0 Å². The normalized spacial score (nSPS) is 17.9. The number of nitrogens with one attached hydrogen (secondary N) is 1. The highest BCUT2D eigenvalue weighted by atomic mass is 127. The van der Waals surface area contributed by atoms with Gasteiger partial charge in [-0.3, -0.25) is 4.99 Å². The molecule has 3 rings (SSSR count). The summed E-state index contributed by atoms with van der Waals surface area (Å²) in [6, 6.07) is 8.27. The Balaban J connectivity index is 0.00000225. The maximum atomic E-state index is 5.50. The van der Waals surface area contributed by atoms with Gasteiger partial charge in [0, 0.05) is 39.3 Å². The Kier molecular flexibility index (Phi) is 8.12. The minimum atomic E-state index is 0. The zero-order chi connectivity index (χ0) is 16.8. The fourth-order valence-corrected chi connectivity index (χ4v) is 3.24. The van der Waals surface area contributed by atoms with Crippen LogP contribution < -0.4 is 15.0 Å². The van der Waals surface area contributed by atoms with Gasteiger partial charge in [0.15, 0.2) is 5.96 Å². The summed E-state index contributed by atoms with van der Waals surface area (Å²) < 4.78 is 5.50. The summed E-state index contributed by atoms with van der Waals surface area (Å²) in [7, 11) is 1.74. The second kappa shape index (κ2) is 10.1. The van der Waals surface area contributed by atoms with Crippen LogP contribution in [0.4, 0.5) is 5.69 Å². The van der Waals surface area contributed by atoms with E-state index in [4.69, 9.17) is 9.73 Å². The maximum absolute atomic E-state index is 5.50. The summed E-state index contributed by atoms with van der Waals surface area (Å²) in [5, 5.41) is 3.46. The van der Waals surface area contributed by atoms with E-state index in [-0.39, 0.29) is 24.0 Å². The third-order valence-electron chi connectivity index (χ3n) is 4.84. The Morgan fingerprint density at radius 1 is 1.20 bits per heavy atom. The van der Waals surface area contributed by atoms with Crippen molar-refractivity contribution in [1.29, 1.82) is 0 Å². The molecule has 1 aliphatic carbocycles. The fraction of sp³-hybridized carbons (Fsp3) is 0.632. The van der Waals surface area contributed by atoms with Crippen molar-refractivity contribution < 1.29 is 4.74 Å². The van der Waals surface area contributed by atoms with Crippen LogP contribution in [0, 0.1) is 5.92 Å². The zero-order valence-electron chi connectivity index (χ0n) is 15.4. The number of anilines is 1. The molecule has 2 aliphatic rings. The van der Waals surface area contributed by atoms with E-state index in [1.165, 1.54) is 24.9 Å². The van der Waals surface area contributed by atoms with Crippen molar-refractivity contribution in [1.82, 2.24) is 10.2 Å². The van der Waals surface area contributed by atoms with Crippen LogP contribution in [0.3, 0.4) is 0 Å². The van der Waals surface area contributed by atoms with Crippen molar-refractivity contribution in [2.24, 2.45) is 10.9 Å². The van der Waals surface area contributed by atoms with Gasteiger partial charge in [-0.15, -0.1) is 24.0 Å². The molecule has 1 saturated carbocycles. The van der Waals surface area contributed by atoms with Crippen molar-refractivity contribution >= 4 is 35.6 Å². The van der Waals surface area contributed by atoms with E-state index in [0.717, 1.165) is 56.9 Å². The maximum Gasteiger partial charge on any atom is 0.194 e. The molecule has 0 bridgehead atoms. The quantitative estimate of drug-likeness (QED) is 0.404. The number of aliphatic imine (C=N–C) groups is 1. The zero-order valence-corrected chi connectivity index (χ0v) is 17.7. The first kappa shape index (κ1) is 20.1. The molecule has 1 heterocycles. The average Bonchev–Trinajstić information content (AvgIpc) is 3.45. The van der Waals surface area contributed by atoms with Crippen molar-refractivity contribution in [2.45, 2.75) is 26.2 Å². The van der Waals surface area contributed by atoms with Gasteiger partial charge in [-0.25, -0.2) is 0 Å². The van der Waals surface area contributed by atoms with Crippen LogP contribution in [-0.4, -0.2) is 57.2 Å². The number of guanidine groups is 1. The highest BCUT2D eigenvalue weighted by Crippen LogP contribution is 2.32. The lowest BCUT2D eigenvalue weighted by Crippen LogP contribution is -2.52. The highest BCUT2D eigenvalue weighted by Gasteiger charge is 2.23. The van der Waals surface area contributed by atoms with Crippen LogP contribution in [0.1, 0.15) is 26.2 Å². The van der Waals surface area contributed by atoms with Gasteiger partial charge in [0.25, 0.3) is 0 Å². The van der Waals surface area contributed by atoms with Crippen LogP contribution in [0.25, 0.3) is 0 Å². The van der Waals surface area contributed by atoms with E-state index in [2.05, 4.69) is 34.2 Å². The molecule has 1 aromatic rings. The van der Waals surface area contributed by atoms with E-state index in [1.54, 1.807) is 7.11 Å². The molecule has 140 valence electrons. The Labute approximate surface area is 168 Å². The van der Waals surface area contributed by atoms with Gasteiger partial charge in [0.2, 0.25) is 0 Å². The fourth-order valence-electron chi connectivity index (χ4n) is 3.24. The lowest BCUT2D eigenvalue weighted by Gasteiger charge is -2.38. The molecule has 25 heavy (non-hydrogen) atoms. The third-order valence-corrected chi connectivity index (χ3v) is 4.84. The summed E-state index contributed by atoms with van der Waals surface area (Å²) in [4.78, 5) is 9.63. The summed E-state index contributed by atoms with van der Waals surface area (Å²) in [5.74, 6) is 2.98. The molecular formula is C19H31IN4O. The average molecular weight is 458 g/mol. The number of benzene rings is 1. The first-order valence-corrected chi connectivity index (χ1v) is 9.23. The van der Waals surface area contributed by atoms with Gasteiger partial charge >= 0.3 is 0 Å². The SMILES string of the molecule is CCNC(=NCCC1CC1)N1CCN(c2ccccc2OC)CC1.I. The molecule has 6 heteroatoms. The van der Waals surface area contributed by atoms with Crippen LogP contribution >= 0.6 is 24.0 Å². The molecule has 2 fully saturated rings. The van der Waals surface area contributed by atoms with Gasteiger partial charge in [0.1, 0.15) is 5.75 Å². The summed E-state index contributed by atoms with van der Waals surface area (Å²) in [5.41, 5.74) is 1.19. The van der Waals surface area contributed by atoms with Gasteiger partial charge in [-0.05, 0) is 31.4 Å². The van der Waals surface area contributed by atoms with E-state index in [1.807, 2.05) is 12.1 Å². The first-order chi connectivity index (χ1) is 11.8. The van der Waals surface area contributed by atoms with E-state index in [0.29, 0.717) is 0 Å². The van der Waals surface area contributed by atoms with Gasteiger partial charge < -0.3 is 19.9 Å². The minimum Gasteiger partial charge on any atom is -0.495 e. The summed E-state index contributed by atoms with van der Waals surface area (Å²) in [6.45, 7) is 8.00. The molecule has 0 aromatic heterocycles. The van der Waals surface area contributed by atoms with Crippen LogP contribution in [-0.2, 0) is 0 Å². The number of piperazine rings is 1. The van der Waals surface area contributed by atoms with Crippen molar-refractivity contribution in [3.05, 3.63) is 24.3 Å². The summed E-state index contributed by atoms with van der Waals surface area (Å²) in [6.07, 6.45) is 4.06. The van der Waals surface area contributed by atoms with Crippen molar-refractivity contribution in [2.75, 3.05) is 51.3 Å². The number of rotatable bonds is 6. The third kappa shape index (κ3) is 5.66. The van der Waals surface area contributed by atoms with Crippen molar-refractivity contribution in [3.63, 3.8) is 0 Å². The molecule has 0 unspecified atom stereocenters. The molecule has 5 nitrogen and oxygen atoms in total. The first-order valence-electron chi connectivity index (χ1n) is 9.23. The Bertz CT molecular complexity index is 554. The molecule has 1 saturated heterocycles. The Hall–Kier alpha value is -1.18. The standard InChI is InChI=1S/C19H30N4O.HI/c1-3-20-19(21-11-10-16-8-9-16)23-14-12-22(13-15-23)17-6-4-5-7-18(17)24-2;/h4-7,16H,3,8-15H2,1-2H3,(H,20,21);1H. The Morgan fingerprint density at radius 3 is 2.56 bits per heavy atom. The number of hydrogen-bond donors (Lipinski definition) is 1. The summed E-state index contributed by atoms with van der Waals surface area (Å²) >= 11 is 0. The second-order valence-electron chi connectivity index (χ2n) is 6.61. The van der Waals surface area contributed by atoms with Gasteiger partial charge in [-0.1, -0.05) is 25.0 Å². The highest BCUT2D eigenvalue weighted by molar-refractivity contribution is 14.0. The predicted octanol–water partition coefficient (Wildman–Crippen LogP) is 3.20. The predicted molar refractivity (Wildman–Crippen MR) is 116 cm³/mol. The number of hydrogen-bond acceptors (Lipinski definition) is 3. The topological polar surface area (TPSA) is 40.1 Å². The molecule has 0 amide bonds. The Morgan fingerprint density at radius 2 is 1.92 bits per heavy atom. The molecule has 1 aliphatic heterocycles. The lowest BCUT2D eigenvalue weighted by molar-refractivity contribution is 0.367. The van der Waals surface area contributed by atoms with E-state index < -0.39 is 0 Å². The number of para-hydroxylation sites is 2. The number of methoxy groups -OCH3 is 1. The smallest absolute Gasteiger partial charge is 0.194 e. The molecule has 1 aromatic carbocycles. The molecule has 0 radical (unpaired) electrons. The largest absolute Gasteiger partial charge is 0.495 e. The number of nitrogens with zero attached hydrogens (tertiary/aromatic N) is 3. The van der Waals surface area contributed by atoms with Crippen LogP contribution in [0.15, 0.2) is 29.3 Å². The van der Waals surface area contributed by atoms with E-state index in [9.17, 15) is 0 Å². The number of ether oxygens (including phenoxy) is 1. The van der Waals surface area contributed by atoms with Crippen molar-refractivity contribution in [3.8, 4) is 5.75 Å².